The van der Waals surface area contributed by atoms with Crippen LogP contribution >= 0.6 is 22.9 Å². The lowest BCUT2D eigenvalue weighted by Crippen LogP contribution is -2.47. The van der Waals surface area contributed by atoms with Crippen molar-refractivity contribution in [1.29, 1.82) is 0 Å². The van der Waals surface area contributed by atoms with Gasteiger partial charge < -0.3 is 15.0 Å². The van der Waals surface area contributed by atoms with Gasteiger partial charge in [0, 0.05) is 47.3 Å². The number of pyridine rings is 1. The van der Waals surface area contributed by atoms with E-state index in [0.717, 1.165) is 64.6 Å². The molecule has 0 aliphatic carbocycles. The minimum absolute atomic E-state index is 0.0444. The number of halogens is 1. The topological polar surface area (TPSA) is 76.5 Å². The summed E-state index contributed by atoms with van der Waals surface area (Å²) in [5.41, 5.74) is 6.19. The third-order valence-corrected chi connectivity index (χ3v) is 9.41. The Balaban J connectivity index is 1.83. The maximum Gasteiger partial charge on any atom is 0.265 e. The molecule has 2 aromatic heterocycles. The first-order chi connectivity index (χ1) is 21.2. The molecule has 0 bridgehead atoms. The molecule has 4 aromatic rings. The number of aromatic nitrogens is 2. The molecule has 5 rings (SSSR count). The number of amides is 1. The predicted octanol–water partition coefficient (Wildman–Crippen LogP) is 6.97. The molecule has 232 valence electrons. The third kappa shape index (κ3) is 6.21. The second-order valence-electron chi connectivity index (χ2n) is 11.6. The highest BCUT2D eigenvalue weighted by molar-refractivity contribution is 7.15. The summed E-state index contributed by atoms with van der Waals surface area (Å²) in [5.74, 6) is 0.796. The van der Waals surface area contributed by atoms with E-state index in [1.165, 1.54) is 11.3 Å². The Morgan fingerprint density at radius 1 is 1.07 bits per heavy atom. The highest BCUT2D eigenvalue weighted by atomic mass is 35.5. The SMILES string of the molecule is CCc1cccc(CC)c1-n1c(CC(C)C)c(C(=O)N2CCNCC2)cc(-c2nc(-c3ccc(Cl)cc3OC)c(C)s2)c1=O. The van der Waals surface area contributed by atoms with Gasteiger partial charge in [-0.1, -0.05) is 57.5 Å². The molecule has 0 spiro atoms. The Morgan fingerprint density at radius 3 is 2.36 bits per heavy atom. The second kappa shape index (κ2) is 13.7. The van der Waals surface area contributed by atoms with Crippen molar-refractivity contribution >= 4 is 28.8 Å². The molecule has 0 atom stereocenters. The van der Waals surface area contributed by atoms with Crippen LogP contribution in [0.25, 0.3) is 27.5 Å². The zero-order chi connectivity index (χ0) is 31.5. The normalized spacial score (nSPS) is 13.5. The van der Waals surface area contributed by atoms with Crippen LogP contribution in [0, 0.1) is 12.8 Å². The summed E-state index contributed by atoms with van der Waals surface area (Å²) in [6, 6.07) is 13.5. The highest BCUT2D eigenvalue weighted by Gasteiger charge is 2.29. The summed E-state index contributed by atoms with van der Waals surface area (Å²) in [7, 11) is 1.61. The standard InChI is InChI=1S/C35H41ClN4O3S/c1-7-23-10-9-11-24(8-2)32(23)40-29(18-21(3)4)27(34(41)39-16-14-37-15-17-39)20-28(35(40)42)33-38-31(22(5)44-33)26-13-12-25(36)19-30(26)43-6/h9-13,19-21,37H,7-8,14-18H2,1-6H3. The second-order valence-corrected chi connectivity index (χ2v) is 13.2. The van der Waals surface area contributed by atoms with Gasteiger partial charge in [-0.05, 0) is 67.5 Å². The number of ether oxygens (including phenoxy) is 1. The smallest absolute Gasteiger partial charge is 0.265 e. The predicted molar refractivity (Wildman–Crippen MR) is 181 cm³/mol. The monoisotopic (exact) mass is 632 g/mol. The van der Waals surface area contributed by atoms with Crippen LogP contribution in [0.2, 0.25) is 5.02 Å². The number of carbonyl (C=O) groups is 1. The van der Waals surface area contributed by atoms with Crippen LogP contribution in [0.4, 0.5) is 0 Å². The van der Waals surface area contributed by atoms with E-state index in [9.17, 15) is 9.59 Å². The van der Waals surface area contributed by atoms with Crippen molar-refractivity contribution in [2.75, 3.05) is 33.3 Å². The van der Waals surface area contributed by atoms with Gasteiger partial charge in [0.1, 0.15) is 10.8 Å². The van der Waals surface area contributed by atoms with Gasteiger partial charge in [0.25, 0.3) is 11.5 Å². The summed E-state index contributed by atoms with van der Waals surface area (Å²) in [5, 5.41) is 4.49. The molecule has 1 amide bonds. The van der Waals surface area contributed by atoms with Crippen molar-refractivity contribution in [3.8, 4) is 33.3 Å². The number of hydrogen-bond acceptors (Lipinski definition) is 6. The van der Waals surface area contributed by atoms with E-state index in [1.807, 2.05) is 34.6 Å². The van der Waals surface area contributed by atoms with Crippen LogP contribution in [-0.4, -0.2) is 53.6 Å². The van der Waals surface area contributed by atoms with Crippen LogP contribution in [0.1, 0.15) is 59.8 Å². The van der Waals surface area contributed by atoms with E-state index >= 15 is 0 Å². The minimum Gasteiger partial charge on any atom is -0.496 e. The van der Waals surface area contributed by atoms with Crippen LogP contribution in [0.15, 0.2) is 47.3 Å². The molecule has 1 N–H and O–H groups in total. The minimum atomic E-state index is -0.156. The number of nitrogens with zero attached hydrogens (tertiary/aromatic N) is 3. The van der Waals surface area contributed by atoms with Crippen LogP contribution in [0.3, 0.4) is 0 Å². The zero-order valence-corrected chi connectivity index (χ0v) is 28.0. The Kier molecular flexibility index (Phi) is 9.93. The maximum atomic E-state index is 14.8. The average molecular weight is 633 g/mol. The highest BCUT2D eigenvalue weighted by Crippen LogP contribution is 2.39. The number of aryl methyl sites for hydroxylation is 3. The van der Waals surface area contributed by atoms with Gasteiger partial charge in [0.15, 0.2) is 0 Å². The van der Waals surface area contributed by atoms with Crippen molar-refractivity contribution in [3.63, 3.8) is 0 Å². The molecule has 2 aromatic carbocycles. The Hall–Kier alpha value is -3.46. The fraction of sp³-hybridized carbons (Fsp3) is 0.400. The fourth-order valence-corrected chi connectivity index (χ4v) is 7.08. The van der Waals surface area contributed by atoms with Crippen LogP contribution < -0.4 is 15.6 Å². The molecule has 44 heavy (non-hydrogen) atoms. The van der Waals surface area contributed by atoms with E-state index in [0.29, 0.717) is 46.4 Å². The number of methoxy groups -OCH3 is 1. The zero-order valence-electron chi connectivity index (χ0n) is 26.4. The Bertz CT molecular complexity index is 1710. The van der Waals surface area contributed by atoms with Gasteiger partial charge in [-0.15, -0.1) is 11.3 Å². The lowest BCUT2D eigenvalue weighted by molar-refractivity contribution is 0.0733. The summed E-state index contributed by atoms with van der Waals surface area (Å²) in [4.78, 5) is 37.0. The first kappa shape index (κ1) is 31.9. The number of rotatable bonds is 9. The lowest BCUT2D eigenvalue weighted by atomic mass is 9.97. The molecule has 0 radical (unpaired) electrons. The quantitative estimate of drug-likeness (QED) is 0.216. The molecule has 1 aliphatic rings. The molecule has 7 nitrogen and oxygen atoms in total. The molecule has 9 heteroatoms. The van der Waals surface area contributed by atoms with Crippen molar-refractivity contribution in [1.82, 2.24) is 19.8 Å². The number of hydrogen-bond donors (Lipinski definition) is 1. The van der Waals surface area contributed by atoms with Gasteiger partial charge in [-0.25, -0.2) is 4.98 Å². The van der Waals surface area contributed by atoms with Crippen LogP contribution in [0.5, 0.6) is 5.75 Å². The van der Waals surface area contributed by atoms with Gasteiger partial charge in [-0.3, -0.25) is 14.2 Å². The number of piperazine rings is 1. The molecule has 1 saturated heterocycles. The van der Waals surface area contributed by atoms with Crippen molar-refractivity contribution < 1.29 is 9.53 Å². The van der Waals surface area contributed by atoms with Gasteiger partial charge >= 0.3 is 0 Å². The van der Waals surface area contributed by atoms with Crippen molar-refractivity contribution in [2.45, 2.75) is 53.9 Å². The number of carbonyl (C=O) groups excluding carboxylic acids is 1. The molecular weight excluding hydrogens is 592 g/mol. The van der Waals surface area contributed by atoms with Crippen LogP contribution in [-0.2, 0) is 19.3 Å². The summed E-state index contributed by atoms with van der Waals surface area (Å²) in [6.45, 7) is 13.2. The largest absolute Gasteiger partial charge is 0.496 e. The molecule has 1 fully saturated rings. The summed E-state index contributed by atoms with van der Waals surface area (Å²) < 4.78 is 7.48. The number of para-hydroxylation sites is 1. The Morgan fingerprint density at radius 2 is 1.75 bits per heavy atom. The van der Waals surface area contributed by atoms with E-state index in [2.05, 4.69) is 51.2 Å². The van der Waals surface area contributed by atoms with Gasteiger partial charge in [0.2, 0.25) is 0 Å². The average Bonchev–Trinajstić information content (AvgIpc) is 3.41. The third-order valence-electron chi connectivity index (χ3n) is 8.17. The van der Waals surface area contributed by atoms with Crippen molar-refractivity contribution in [3.05, 3.63) is 85.1 Å². The summed E-state index contributed by atoms with van der Waals surface area (Å²) in [6.07, 6.45) is 2.12. The first-order valence-electron chi connectivity index (χ1n) is 15.4. The van der Waals surface area contributed by atoms with Gasteiger partial charge in [0.05, 0.1) is 29.6 Å². The maximum absolute atomic E-state index is 14.8. The number of nitrogens with one attached hydrogen (secondary N) is 1. The van der Waals surface area contributed by atoms with E-state index in [-0.39, 0.29) is 17.4 Å². The number of benzene rings is 2. The van der Waals surface area contributed by atoms with E-state index < -0.39 is 0 Å². The fourth-order valence-electron chi connectivity index (χ4n) is 5.98. The first-order valence-corrected chi connectivity index (χ1v) is 16.6. The van der Waals surface area contributed by atoms with Crippen molar-refractivity contribution in [2.24, 2.45) is 5.92 Å². The molecule has 1 aliphatic heterocycles. The molecular formula is C35H41ClN4O3S. The van der Waals surface area contributed by atoms with E-state index in [4.69, 9.17) is 21.3 Å². The van der Waals surface area contributed by atoms with E-state index in [1.54, 1.807) is 13.2 Å². The lowest BCUT2D eigenvalue weighted by Gasteiger charge is -2.30. The Labute approximate surface area is 268 Å². The molecule has 3 heterocycles. The van der Waals surface area contributed by atoms with Gasteiger partial charge in [-0.2, -0.15) is 0 Å². The number of thiazole rings is 1. The summed E-state index contributed by atoms with van der Waals surface area (Å²) >= 11 is 7.70. The molecule has 0 unspecified atom stereocenters. The molecule has 0 saturated carbocycles.